The third-order valence-corrected chi connectivity index (χ3v) is 7.58. The average molecular weight is 548 g/mol. The molecule has 1 aromatic heterocycles. The summed E-state index contributed by atoms with van der Waals surface area (Å²) in [7, 11) is 1.62. The van der Waals surface area contributed by atoms with E-state index in [0.717, 1.165) is 12.0 Å². The third kappa shape index (κ3) is 6.59. The van der Waals surface area contributed by atoms with Crippen LogP contribution in [0.3, 0.4) is 0 Å². The fourth-order valence-corrected chi connectivity index (χ4v) is 5.54. The highest BCUT2D eigenvalue weighted by molar-refractivity contribution is 7.10. The minimum Gasteiger partial charge on any atom is -0.491 e. The molecule has 1 aliphatic heterocycles. The summed E-state index contributed by atoms with van der Waals surface area (Å²) >= 11 is 13.8. The third-order valence-electron chi connectivity index (χ3n) is 6.10. The maximum absolute atomic E-state index is 13.6. The first kappa shape index (κ1) is 26.5. The van der Waals surface area contributed by atoms with Gasteiger partial charge in [0.1, 0.15) is 18.9 Å². The number of ether oxygens (including phenoxy) is 2. The van der Waals surface area contributed by atoms with Crippen molar-refractivity contribution in [1.29, 1.82) is 0 Å². The molecule has 190 valence electrons. The highest BCUT2D eigenvalue weighted by Crippen LogP contribution is 2.34. The average Bonchev–Trinajstić information content (AvgIpc) is 3.36. The molecule has 2 heterocycles. The van der Waals surface area contributed by atoms with Gasteiger partial charge in [0.25, 0.3) is 5.91 Å². The van der Waals surface area contributed by atoms with Crippen molar-refractivity contribution in [3.8, 4) is 5.75 Å². The van der Waals surface area contributed by atoms with Crippen LogP contribution in [0.15, 0.2) is 60.0 Å². The second kappa shape index (κ2) is 12.6. The molecule has 0 spiro atoms. The Morgan fingerprint density at radius 2 is 1.92 bits per heavy atom. The normalized spacial score (nSPS) is 14.9. The van der Waals surface area contributed by atoms with Crippen LogP contribution in [-0.2, 0) is 16.0 Å². The molecule has 0 aliphatic carbocycles. The molecule has 6 nitrogen and oxygen atoms in total. The van der Waals surface area contributed by atoms with Gasteiger partial charge in [0.2, 0.25) is 5.91 Å². The standard InChI is InChI=1S/C27H28Cl2N2O4S/c1-34-14-3-12-30(27(33)19-4-2-5-21(29)16-19)17-26(32)31-13-10-25-23(11-15-36-25)24(31)18-35-22-8-6-20(28)7-9-22/h2,4-9,11,15-16,24H,3,10,12-14,17-18H2,1H3/t24-/m1/s1. The number of carbonyl (C=O) groups is 2. The Morgan fingerprint density at radius 3 is 2.67 bits per heavy atom. The molecular formula is C27H28Cl2N2O4S. The number of amides is 2. The number of hydrogen-bond donors (Lipinski definition) is 0. The number of halogens is 2. The minimum absolute atomic E-state index is 0.0357. The second-order valence-corrected chi connectivity index (χ2v) is 10.4. The predicted molar refractivity (Wildman–Crippen MR) is 143 cm³/mol. The summed E-state index contributed by atoms with van der Waals surface area (Å²) in [6.45, 7) is 1.73. The van der Waals surface area contributed by atoms with Gasteiger partial charge >= 0.3 is 0 Å². The van der Waals surface area contributed by atoms with E-state index in [1.807, 2.05) is 22.4 Å². The molecule has 3 aromatic rings. The lowest BCUT2D eigenvalue weighted by molar-refractivity contribution is -0.135. The van der Waals surface area contributed by atoms with Crippen molar-refractivity contribution in [2.24, 2.45) is 0 Å². The number of fused-ring (bicyclic) bond motifs is 1. The Labute approximate surface area is 225 Å². The molecule has 2 aromatic carbocycles. The molecule has 0 unspecified atom stereocenters. The van der Waals surface area contributed by atoms with Gasteiger partial charge in [-0.25, -0.2) is 0 Å². The van der Waals surface area contributed by atoms with Gasteiger partial charge in [-0.15, -0.1) is 11.3 Å². The van der Waals surface area contributed by atoms with Crippen LogP contribution in [0.25, 0.3) is 0 Å². The van der Waals surface area contributed by atoms with Crippen molar-refractivity contribution >= 4 is 46.4 Å². The molecule has 4 rings (SSSR count). The van der Waals surface area contributed by atoms with Gasteiger partial charge < -0.3 is 19.3 Å². The number of hydrogen-bond acceptors (Lipinski definition) is 5. The summed E-state index contributed by atoms with van der Waals surface area (Å²) in [4.78, 5) is 31.6. The van der Waals surface area contributed by atoms with Crippen LogP contribution < -0.4 is 4.74 Å². The molecule has 9 heteroatoms. The molecule has 0 saturated carbocycles. The van der Waals surface area contributed by atoms with E-state index in [9.17, 15) is 9.59 Å². The van der Waals surface area contributed by atoms with Crippen LogP contribution >= 0.6 is 34.5 Å². The number of methoxy groups -OCH3 is 1. The molecule has 0 saturated heterocycles. The summed E-state index contributed by atoms with van der Waals surface area (Å²) in [6.07, 6.45) is 1.40. The first-order chi connectivity index (χ1) is 17.5. The monoisotopic (exact) mass is 546 g/mol. The van der Waals surface area contributed by atoms with Crippen LogP contribution in [0, 0.1) is 0 Å². The van der Waals surface area contributed by atoms with E-state index in [1.165, 1.54) is 4.88 Å². The van der Waals surface area contributed by atoms with E-state index in [2.05, 4.69) is 6.07 Å². The SMILES string of the molecule is COCCCN(CC(=O)N1CCc2sccc2[C@H]1COc1ccc(Cl)cc1)C(=O)c1cccc(Cl)c1. The Morgan fingerprint density at radius 1 is 1.11 bits per heavy atom. The van der Waals surface area contributed by atoms with E-state index >= 15 is 0 Å². The van der Waals surface area contributed by atoms with Crippen LogP contribution in [0.4, 0.5) is 0 Å². The molecule has 0 N–H and O–H groups in total. The van der Waals surface area contributed by atoms with E-state index in [4.69, 9.17) is 32.7 Å². The van der Waals surface area contributed by atoms with E-state index in [-0.39, 0.29) is 24.4 Å². The van der Waals surface area contributed by atoms with Crippen LogP contribution in [0.2, 0.25) is 10.0 Å². The van der Waals surface area contributed by atoms with Crippen molar-refractivity contribution in [1.82, 2.24) is 9.80 Å². The number of nitrogens with zero attached hydrogens (tertiary/aromatic N) is 2. The Kier molecular flexibility index (Phi) is 9.26. The maximum Gasteiger partial charge on any atom is 0.254 e. The summed E-state index contributed by atoms with van der Waals surface area (Å²) in [5.74, 6) is 0.333. The molecule has 0 fully saturated rings. The fourth-order valence-electron chi connectivity index (χ4n) is 4.29. The van der Waals surface area contributed by atoms with E-state index < -0.39 is 0 Å². The van der Waals surface area contributed by atoms with E-state index in [0.29, 0.717) is 54.1 Å². The fraction of sp³-hybridized carbons (Fsp3) is 0.333. The van der Waals surface area contributed by atoms with Crippen LogP contribution in [0.1, 0.15) is 33.3 Å². The number of benzene rings is 2. The smallest absolute Gasteiger partial charge is 0.254 e. The lowest BCUT2D eigenvalue weighted by Crippen LogP contribution is -2.48. The van der Waals surface area contributed by atoms with Crippen LogP contribution in [0.5, 0.6) is 5.75 Å². The maximum atomic E-state index is 13.6. The van der Waals surface area contributed by atoms with E-state index in [1.54, 1.807) is 59.7 Å². The second-order valence-electron chi connectivity index (χ2n) is 8.50. The van der Waals surface area contributed by atoms with Gasteiger partial charge in [-0.3, -0.25) is 9.59 Å². The molecule has 0 radical (unpaired) electrons. The molecule has 0 bridgehead atoms. The lowest BCUT2D eigenvalue weighted by atomic mass is 10.0. The highest BCUT2D eigenvalue weighted by Gasteiger charge is 2.33. The number of rotatable bonds is 10. The largest absolute Gasteiger partial charge is 0.491 e. The zero-order valence-electron chi connectivity index (χ0n) is 20.0. The minimum atomic E-state index is -0.245. The first-order valence-electron chi connectivity index (χ1n) is 11.7. The zero-order valence-corrected chi connectivity index (χ0v) is 22.3. The number of carbonyl (C=O) groups excluding carboxylic acids is 2. The van der Waals surface area contributed by atoms with Gasteiger partial charge in [0, 0.05) is 47.3 Å². The van der Waals surface area contributed by atoms with Crippen molar-refractivity contribution in [2.45, 2.75) is 18.9 Å². The zero-order chi connectivity index (χ0) is 25.5. The quantitative estimate of drug-likeness (QED) is 0.304. The van der Waals surface area contributed by atoms with Gasteiger partial charge in [-0.1, -0.05) is 29.3 Å². The number of thiophene rings is 1. The van der Waals surface area contributed by atoms with Crippen LogP contribution in [-0.4, -0.2) is 61.6 Å². The first-order valence-corrected chi connectivity index (χ1v) is 13.4. The summed E-state index contributed by atoms with van der Waals surface area (Å²) in [6, 6.07) is 15.8. The Balaban J connectivity index is 1.52. The van der Waals surface area contributed by atoms with Crippen molar-refractivity contribution in [3.05, 3.63) is 86.0 Å². The van der Waals surface area contributed by atoms with Crippen molar-refractivity contribution in [3.63, 3.8) is 0 Å². The van der Waals surface area contributed by atoms with Crippen molar-refractivity contribution < 1.29 is 19.1 Å². The Bertz CT molecular complexity index is 1180. The molecule has 1 atom stereocenters. The van der Waals surface area contributed by atoms with Gasteiger partial charge in [0.15, 0.2) is 0 Å². The summed E-state index contributed by atoms with van der Waals surface area (Å²) in [5.41, 5.74) is 1.55. The highest BCUT2D eigenvalue weighted by atomic mass is 35.5. The molecule has 2 amide bonds. The predicted octanol–water partition coefficient (Wildman–Crippen LogP) is 5.74. The molecule has 1 aliphatic rings. The van der Waals surface area contributed by atoms with Crippen molar-refractivity contribution in [2.75, 3.05) is 40.0 Å². The van der Waals surface area contributed by atoms with Gasteiger partial charge in [-0.2, -0.15) is 0 Å². The topological polar surface area (TPSA) is 59.1 Å². The molecular weight excluding hydrogens is 519 g/mol. The lowest BCUT2D eigenvalue weighted by Gasteiger charge is -2.37. The molecule has 36 heavy (non-hydrogen) atoms. The summed E-state index contributed by atoms with van der Waals surface area (Å²) in [5, 5.41) is 3.16. The van der Waals surface area contributed by atoms with Gasteiger partial charge in [-0.05, 0) is 72.3 Å². The van der Waals surface area contributed by atoms with Gasteiger partial charge in [0.05, 0.1) is 6.04 Å². The summed E-state index contributed by atoms with van der Waals surface area (Å²) < 4.78 is 11.2. The Hall–Kier alpha value is -2.58.